The summed E-state index contributed by atoms with van der Waals surface area (Å²) in [6.45, 7) is 4.26. The molecule has 0 heterocycles. The largest absolute Gasteiger partial charge is 0.481 e. The van der Waals surface area contributed by atoms with E-state index in [0.717, 1.165) is 12.8 Å². The lowest BCUT2D eigenvalue weighted by molar-refractivity contribution is -0.138. The summed E-state index contributed by atoms with van der Waals surface area (Å²) < 4.78 is 0. The second-order valence-corrected chi connectivity index (χ2v) is 5.29. The van der Waals surface area contributed by atoms with Crippen molar-refractivity contribution >= 4 is 17.9 Å². The third kappa shape index (κ3) is 5.28. The molecular weight excluding hydrogens is 248 g/mol. The zero-order valence-electron chi connectivity index (χ0n) is 11.4. The topological polar surface area (TPSA) is 95.5 Å². The Balaban J connectivity index is 2.34. The number of nitrogens with one attached hydrogen (secondary N) is 2. The minimum Gasteiger partial charge on any atom is -0.481 e. The quantitative estimate of drug-likeness (QED) is 0.721. The maximum atomic E-state index is 11.6. The molecular formula is C13H22N2O4. The third-order valence-corrected chi connectivity index (χ3v) is 3.84. The van der Waals surface area contributed by atoms with E-state index in [1.807, 2.05) is 0 Å². The SMILES string of the molecule is CC1CCCC(NC(=O)NC(=O)CCC(=O)O)C1C. The van der Waals surface area contributed by atoms with Crippen LogP contribution in [0.25, 0.3) is 0 Å². The van der Waals surface area contributed by atoms with Gasteiger partial charge in [-0.25, -0.2) is 4.79 Å². The number of hydrogen-bond donors (Lipinski definition) is 3. The summed E-state index contributed by atoms with van der Waals surface area (Å²) in [5.74, 6) is -0.669. The molecule has 3 amide bonds. The van der Waals surface area contributed by atoms with Crippen LogP contribution in [0.2, 0.25) is 0 Å². The molecule has 0 bridgehead atoms. The van der Waals surface area contributed by atoms with Crippen molar-refractivity contribution in [3.63, 3.8) is 0 Å². The minimum atomic E-state index is -1.05. The van der Waals surface area contributed by atoms with Gasteiger partial charge in [0.25, 0.3) is 0 Å². The monoisotopic (exact) mass is 270 g/mol. The normalized spacial score (nSPS) is 26.5. The summed E-state index contributed by atoms with van der Waals surface area (Å²) in [6, 6.07) is -0.447. The van der Waals surface area contributed by atoms with E-state index in [2.05, 4.69) is 24.5 Å². The number of carbonyl (C=O) groups excluding carboxylic acids is 2. The Morgan fingerprint density at radius 2 is 1.84 bits per heavy atom. The molecule has 3 unspecified atom stereocenters. The van der Waals surface area contributed by atoms with Crippen LogP contribution in [0, 0.1) is 11.8 Å². The first-order chi connectivity index (χ1) is 8.90. The molecule has 0 aromatic heterocycles. The Hall–Kier alpha value is -1.59. The fourth-order valence-corrected chi connectivity index (χ4v) is 2.40. The summed E-state index contributed by atoms with van der Waals surface area (Å²) >= 11 is 0. The number of rotatable bonds is 4. The van der Waals surface area contributed by atoms with Gasteiger partial charge in [-0.15, -0.1) is 0 Å². The van der Waals surface area contributed by atoms with E-state index < -0.39 is 17.9 Å². The molecule has 1 rings (SSSR count). The van der Waals surface area contributed by atoms with Gasteiger partial charge in [-0.05, 0) is 18.3 Å². The van der Waals surface area contributed by atoms with Gasteiger partial charge in [-0.2, -0.15) is 0 Å². The summed E-state index contributed by atoms with van der Waals surface area (Å²) in [5, 5.41) is 13.4. The summed E-state index contributed by atoms with van der Waals surface area (Å²) in [4.78, 5) is 33.2. The summed E-state index contributed by atoms with van der Waals surface area (Å²) in [6.07, 6.45) is 2.71. The molecule has 6 nitrogen and oxygen atoms in total. The summed E-state index contributed by atoms with van der Waals surface area (Å²) in [5.41, 5.74) is 0. The second-order valence-electron chi connectivity index (χ2n) is 5.29. The van der Waals surface area contributed by atoms with Crippen LogP contribution in [-0.4, -0.2) is 29.1 Å². The van der Waals surface area contributed by atoms with Crippen molar-refractivity contribution in [3.8, 4) is 0 Å². The lowest BCUT2D eigenvalue weighted by Crippen LogP contribution is -2.49. The van der Waals surface area contributed by atoms with Gasteiger partial charge in [0.15, 0.2) is 0 Å². The molecule has 0 saturated heterocycles. The smallest absolute Gasteiger partial charge is 0.321 e. The number of amides is 3. The average molecular weight is 270 g/mol. The van der Waals surface area contributed by atoms with Gasteiger partial charge in [-0.3, -0.25) is 14.9 Å². The van der Waals surface area contributed by atoms with E-state index >= 15 is 0 Å². The van der Waals surface area contributed by atoms with E-state index in [4.69, 9.17) is 5.11 Å². The van der Waals surface area contributed by atoms with Crippen molar-refractivity contribution in [2.45, 2.75) is 52.0 Å². The number of carboxylic acids is 1. The first-order valence-electron chi connectivity index (χ1n) is 6.72. The Morgan fingerprint density at radius 3 is 2.47 bits per heavy atom. The number of carbonyl (C=O) groups is 3. The van der Waals surface area contributed by atoms with E-state index in [0.29, 0.717) is 11.8 Å². The molecule has 1 saturated carbocycles. The first kappa shape index (κ1) is 15.5. The van der Waals surface area contributed by atoms with Crippen LogP contribution >= 0.6 is 0 Å². The molecule has 3 atom stereocenters. The number of hydrogen-bond acceptors (Lipinski definition) is 3. The highest BCUT2D eigenvalue weighted by atomic mass is 16.4. The van der Waals surface area contributed by atoms with Gasteiger partial charge in [0.1, 0.15) is 0 Å². The predicted octanol–water partition coefficient (Wildman–Crippen LogP) is 1.50. The molecule has 0 aromatic carbocycles. The van der Waals surface area contributed by atoms with Gasteiger partial charge in [0.2, 0.25) is 5.91 Å². The van der Waals surface area contributed by atoms with Gasteiger partial charge in [0.05, 0.1) is 6.42 Å². The van der Waals surface area contributed by atoms with Crippen LogP contribution in [-0.2, 0) is 9.59 Å². The average Bonchev–Trinajstić information content (AvgIpc) is 2.32. The predicted molar refractivity (Wildman–Crippen MR) is 69.5 cm³/mol. The molecule has 19 heavy (non-hydrogen) atoms. The Bertz CT molecular complexity index is 357. The Kier molecular flexibility index (Phi) is 5.79. The van der Waals surface area contributed by atoms with Gasteiger partial charge < -0.3 is 10.4 Å². The molecule has 0 radical (unpaired) electrons. The molecule has 1 fully saturated rings. The Morgan fingerprint density at radius 1 is 1.16 bits per heavy atom. The lowest BCUT2D eigenvalue weighted by atomic mass is 9.78. The van der Waals surface area contributed by atoms with Crippen LogP contribution in [0.4, 0.5) is 4.79 Å². The second kappa shape index (κ2) is 7.11. The van der Waals surface area contributed by atoms with Crippen LogP contribution in [0.15, 0.2) is 0 Å². The van der Waals surface area contributed by atoms with Crippen molar-refractivity contribution in [2.24, 2.45) is 11.8 Å². The highest BCUT2D eigenvalue weighted by Gasteiger charge is 2.28. The highest BCUT2D eigenvalue weighted by Crippen LogP contribution is 2.29. The maximum absolute atomic E-state index is 11.6. The van der Waals surface area contributed by atoms with Gasteiger partial charge >= 0.3 is 12.0 Å². The number of urea groups is 1. The van der Waals surface area contributed by atoms with Crippen LogP contribution in [0.5, 0.6) is 0 Å². The van der Waals surface area contributed by atoms with Gasteiger partial charge in [0, 0.05) is 12.5 Å². The molecule has 0 aliphatic heterocycles. The molecule has 108 valence electrons. The fraction of sp³-hybridized carbons (Fsp3) is 0.769. The molecule has 0 aromatic rings. The van der Waals surface area contributed by atoms with Crippen molar-refractivity contribution in [3.05, 3.63) is 0 Å². The van der Waals surface area contributed by atoms with Gasteiger partial charge in [-0.1, -0.05) is 26.7 Å². The van der Waals surface area contributed by atoms with Crippen LogP contribution < -0.4 is 10.6 Å². The minimum absolute atomic E-state index is 0.0797. The zero-order chi connectivity index (χ0) is 14.4. The van der Waals surface area contributed by atoms with E-state index in [-0.39, 0.29) is 18.9 Å². The van der Waals surface area contributed by atoms with E-state index in [1.54, 1.807) is 0 Å². The standard InChI is InChI=1S/C13H22N2O4/c1-8-4-3-5-10(9(8)2)14-13(19)15-11(16)6-7-12(17)18/h8-10H,3-7H2,1-2H3,(H,17,18)(H2,14,15,16,19). The zero-order valence-corrected chi connectivity index (χ0v) is 11.4. The number of imide groups is 1. The Labute approximate surface area is 112 Å². The van der Waals surface area contributed by atoms with Crippen LogP contribution in [0.3, 0.4) is 0 Å². The highest BCUT2D eigenvalue weighted by molar-refractivity contribution is 5.95. The molecule has 1 aliphatic carbocycles. The van der Waals surface area contributed by atoms with Crippen molar-refractivity contribution < 1.29 is 19.5 Å². The fourth-order valence-electron chi connectivity index (χ4n) is 2.40. The number of aliphatic carboxylic acids is 1. The molecule has 6 heteroatoms. The molecule has 0 spiro atoms. The van der Waals surface area contributed by atoms with Crippen molar-refractivity contribution in [1.82, 2.24) is 10.6 Å². The van der Waals surface area contributed by atoms with Crippen LogP contribution in [0.1, 0.15) is 46.0 Å². The first-order valence-corrected chi connectivity index (χ1v) is 6.72. The molecule has 3 N–H and O–H groups in total. The lowest BCUT2D eigenvalue weighted by Gasteiger charge is -2.34. The van der Waals surface area contributed by atoms with Crippen molar-refractivity contribution in [1.29, 1.82) is 0 Å². The molecule has 1 aliphatic rings. The third-order valence-electron chi connectivity index (χ3n) is 3.84. The maximum Gasteiger partial charge on any atom is 0.321 e. The summed E-state index contributed by atoms with van der Waals surface area (Å²) in [7, 11) is 0. The van der Waals surface area contributed by atoms with Crippen molar-refractivity contribution in [2.75, 3.05) is 0 Å². The number of carboxylic acid groups (broad SMARTS) is 1. The van der Waals surface area contributed by atoms with E-state index in [1.165, 1.54) is 6.42 Å². The van der Waals surface area contributed by atoms with E-state index in [9.17, 15) is 14.4 Å².